The number of carboxylic acids is 1. The van der Waals surface area contributed by atoms with Crippen molar-refractivity contribution in [1.82, 2.24) is 10.5 Å². The van der Waals surface area contributed by atoms with Gasteiger partial charge < -0.3 is 14.9 Å². The van der Waals surface area contributed by atoms with E-state index in [2.05, 4.69) is 22.6 Å². The Balaban J connectivity index is 1.73. The van der Waals surface area contributed by atoms with Gasteiger partial charge in [-0.05, 0) is 49.7 Å². The van der Waals surface area contributed by atoms with Crippen molar-refractivity contribution in [1.29, 1.82) is 0 Å². The predicted octanol–water partition coefficient (Wildman–Crippen LogP) is 2.68. The molecule has 24 heavy (non-hydrogen) atoms. The monoisotopic (exact) mass is 328 g/mol. The van der Waals surface area contributed by atoms with Gasteiger partial charge in [0.15, 0.2) is 0 Å². The minimum atomic E-state index is -1.04. The molecular weight excluding hydrogens is 308 g/mol. The van der Waals surface area contributed by atoms with Crippen molar-refractivity contribution in [2.24, 2.45) is 0 Å². The van der Waals surface area contributed by atoms with Crippen LogP contribution in [0.5, 0.6) is 0 Å². The van der Waals surface area contributed by atoms with E-state index in [4.69, 9.17) is 4.52 Å². The summed E-state index contributed by atoms with van der Waals surface area (Å²) in [6.45, 7) is 1.70. The number of carbonyl (C=O) groups excluding carboxylic acids is 1. The second-order valence-corrected chi connectivity index (χ2v) is 6.22. The molecule has 0 spiro atoms. The molecule has 2 atom stereocenters. The fourth-order valence-electron chi connectivity index (χ4n) is 3.31. The van der Waals surface area contributed by atoms with Gasteiger partial charge >= 0.3 is 5.97 Å². The Labute approximate surface area is 139 Å². The van der Waals surface area contributed by atoms with Crippen molar-refractivity contribution in [2.45, 2.75) is 44.6 Å². The molecule has 6 heteroatoms. The third kappa shape index (κ3) is 3.48. The van der Waals surface area contributed by atoms with Crippen LogP contribution in [0.2, 0.25) is 0 Å². The molecule has 126 valence electrons. The fraction of sp³-hybridized carbons (Fsp3) is 0.389. The predicted molar refractivity (Wildman–Crippen MR) is 86.9 cm³/mol. The molecule has 1 aliphatic carbocycles. The van der Waals surface area contributed by atoms with Crippen molar-refractivity contribution >= 4 is 11.9 Å². The molecule has 0 aliphatic heterocycles. The summed E-state index contributed by atoms with van der Waals surface area (Å²) in [6, 6.07) is 8.66. The lowest BCUT2D eigenvalue weighted by molar-refractivity contribution is -0.139. The number of aryl methyl sites for hydroxylation is 2. The average molecular weight is 328 g/mol. The van der Waals surface area contributed by atoms with Gasteiger partial charge in [-0.2, -0.15) is 0 Å². The van der Waals surface area contributed by atoms with Gasteiger partial charge in [0.1, 0.15) is 6.04 Å². The van der Waals surface area contributed by atoms with E-state index >= 15 is 0 Å². The van der Waals surface area contributed by atoms with Gasteiger partial charge in [0.25, 0.3) is 5.91 Å². The Morgan fingerprint density at radius 3 is 2.92 bits per heavy atom. The van der Waals surface area contributed by atoms with E-state index < -0.39 is 17.9 Å². The van der Waals surface area contributed by atoms with E-state index in [-0.39, 0.29) is 11.7 Å². The van der Waals surface area contributed by atoms with Crippen LogP contribution in [0.4, 0.5) is 0 Å². The SMILES string of the molecule is Cc1cc(C(=O)N[C@@H](C[C@H]2CCCc3ccccc32)C(=O)O)on1. The number of rotatable bonds is 5. The molecule has 6 nitrogen and oxygen atoms in total. The van der Waals surface area contributed by atoms with E-state index in [1.807, 2.05) is 12.1 Å². The molecule has 1 aromatic carbocycles. The zero-order valence-electron chi connectivity index (χ0n) is 13.5. The highest BCUT2D eigenvalue weighted by atomic mass is 16.5. The third-order valence-corrected chi connectivity index (χ3v) is 4.47. The third-order valence-electron chi connectivity index (χ3n) is 4.47. The van der Waals surface area contributed by atoms with Crippen molar-refractivity contribution < 1.29 is 19.2 Å². The first-order chi connectivity index (χ1) is 11.5. The van der Waals surface area contributed by atoms with Crippen LogP contribution in [0.1, 0.15) is 52.6 Å². The van der Waals surface area contributed by atoms with E-state index in [0.717, 1.165) is 19.3 Å². The molecule has 1 aliphatic rings. The molecule has 2 N–H and O–H groups in total. The average Bonchev–Trinajstić information content (AvgIpc) is 3.01. The number of nitrogens with one attached hydrogen (secondary N) is 1. The van der Waals surface area contributed by atoms with Gasteiger partial charge in [-0.15, -0.1) is 0 Å². The lowest BCUT2D eigenvalue weighted by atomic mass is 9.79. The summed E-state index contributed by atoms with van der Waals surface area (Å²) in [4.78, 5) is 23.7. The number of fused-ring (bicyclic) bond motifs is 1. The molecule has 2 aromatic rings. The van der Waals surface area contributed by atoms with Gasteiger partial charge in [0.05, 0.1) is 5.69 Å². The summed E-state index contributed by atoms with van der Waals surface area (Å²) in [5, 5.41) is 15.7. The second-order valence-electron chi connectivity index (χ2n) is 6.22. The number of aliphatic carboxylic acids is 1. The minimum absolute atomic E-state index is 0.0304. The van der Waals surface area contributed by atoms with Crippen molar-refractivity contribution in [3.63, 3.8) is 0 Å². The summed E-state index contributed by atoms with van der Waals surface area (Å²) in [7, 11) is 0. The summed E-state index contributed by atoms with van der Waals surface area (Å²) in [5.74, 6) is -1.43. The van der Waals surface area contributed by atoms with Gasteiger partial charge in [0.2, 0.25) is 5.76 Å². The number of benzene rings is 1. The normalized spacial score (nSPS) is 17.8. The number of carbonyl (C=O) groups is 2. The summed E-state index contributed by atoms with van der Waals surface area (Å²) in [6.07, 6.45) is 3.35. The highest BCUT2D eigenvalue weighted by Crippen LogP contribution is 2.34. The highest BCUT2D eigenvalue weighted by molar-refractivity contribution is 5.94. The lowest BCUT2D eigenvalue weighted by Crippen LogP contribution is -2.42. The zero-order chi connectivity index (χ0) is 17.1. The number of nitrogens with zero attached hydrogens (tertiary/aromatic N) is 1. The molecule has 0 unspecified atom stereocenters. The zero-order valence-corrected chi connectivity index (χ0v) is 13.5. The van der Waals surface area contributed by atoms with Crippen molar-refractivity contribution in [3.8, 4) is 0 Å². The summed E-state index contributed by atoms with van der Waals surface area (Å²) < 4.78 is 4.90. The fourth-order valence-corrected chi connectivity index (χ4v) is 3.31. The van der Waals surface area contributed by atoms with E-state index in [9.17, 15) is 14.7 Å². The van der Waals surface area contributed by atoms with E-state index in [1.165, 1.54) is 17.2 Å². The first-order valence-corrected chi connectivity index (χ1v) is 8.09. The largest absolute Gasteiger partial charge is 0.480 e. The standard InChI is InChI=1S/C18H20N2O4/c1-11-9-16(24-20-11)17(21)19-15(18(22)23)10-13-7-4-6-12-5-2-3-8-14(12)13/h2-3,5,8-9,13,15H,4,6-7,10H2,1H3,(H,19,21)(H,22,23)/t13-,15+/m1/s1. The van der Waals surface area contributed by atoms with Crippen molar-refractivity contribution in [3.05, 3.63) is 52.9 Å². The van der Waals surface area contributed by atoms with Crippen LogP contribution in [0.3, 0.4) is 0 Å². The van der Waals surface area contributed by atoms with Crippen LogP contribution in [-0.2, 0) is 11.2 Å². The molecule has 1 aromatic heterocycles. The van der Waals surface area contributed by atoms with Crippen LogP contribution in [0, 0.1) is 6.92 Å². The van der Waals surface area contributed by atoms with Crippen molar-refractivity contribution in [2.75, 3.05) is 0 Å². The number of aromatic nitrogens is 1. The molecular formula is C18H20N2O4. The highest BCUT2D eigenvalue weighted by Gasteiger charge is 2.29. The topological polar surface area (TPSA) is 92.4 Å². The first-order valence-electron chi connectivity index (χ1n) is 8.09. The number of amides is 1. The Morgan fingerprint density at radius 1 is 1.42 bits per heavy atom. The van der Waals surface area contributed by atoms with Crippen LogP contribution in [-0.4, -0.2) is 28.2 Å². The maximum absolute atomic E-state index is 12.2. The Hall–Kier alpha value is -2.63. The Kier molecular flexibility index (Phi) is 4.64. The molecule has 0 bridgehead atoms. The van der Waals surface area contributed by atoms with Crippen LogP contribution < -0.4 is 5.32 Å². The molecule has 0 radical (unpaired) electrons. The van der Waals surface area contributed by atoms with E-state index in [0.29, 0.717) is 12.1 Å². The molecule has 0 saturated carbocycles. The Morgan fingerprint density at radius 2 is 2.21 bits per heavy atom. The quantitative estimate of drug-likeness (QED) is 0.880. The van der Waals surface area contributed by atoms with Gasteiger partial charge in [-0.3, -0.25) is 4.79 Å². The van der Waals surface area contributed by atoms with Gasteiger partial charge in [-0.25, -0.2) is 4.79 Å². The first kappa shape index (κ1) is 16.2. The Bertz CT molecular complexity index is 753. The molecule has 3 rings (SSSR count). The number of carboxylic acid groups (broad SMARTS) is 1. The number of hydrogen-bond acceptors (Lipinski definition) is 4. The van der Waals surface area contributed by atoms with Crippen LogP contribution in [0.25, 0.3) is 0 Å². The lowest BCUT2D eigenvalue weighted by Gasteiger charge is -2.27. The number of hydrogen-bond donors (Lipinski definition) is 2. The minimum Gasteiger partial charge on any atom is -0.480 e. The molecule has 0 fully saturated rings. The molecule has 0 saturated heterocycles. The second kappa shape index (κ2) is 6.86. The molecule has 1 amide bonds. The van der Waals surface area contributed by atoms with Gasteiger partial charge in [-0.1, -0.05) is 29.4 Å². The summed E-state index contributed by atoms with van der Waals surface area (Å²) >= 11 is 0. The maximum Gasteiger partial charge on any atom is 0.326 e. The maximum atomic E-state index is 12.2. The van der Waals surface area contributed by atoms with Gasteiger partial charge in [0, 0.05) is 6.07 Å². The smallest absolute Gasteiger partial charge is 0.326 e. The van der Waals surface area contributed by atoms with Crippen LogP contribution in [0.15, 0.2) is 34.9 Å². The van der Waals surface area contributed by atoms with E-state index in [1.54, 1.807) is 6.92 Å². The molecule has 1 heterocycles. The summed E-state index contributed by atoms with van der Waals surface area (Å²) in [5.41, 5.74) is 3.04. The van der Waals surface area contributed by atoms with Crippen LogP contribution >= 0.6 is 0 Å².